The molecule has 72 valence electrons. The van der Waals surface area contributed by atoms with Crippen LogP contribution in [-0.2, 0) is 14.8 Å². The predicted molar refractivity (Wildman–Crippen MR) is 48.2 cm³/mol. The van der Waals surface area contributed by atoms with Crippen molar-refractivity contribution in [2.75, 3.05) is 6.61 Å². The molecule has 1 aliphatic heterocycles. The lowest BCUT2D eigenvalue weighted by atomic mass is 9.97. The first-order valence-corrected chi connectivity index (χ1v) is 5.71. The molecule has 1 saturated heterocycles. The lowest BCUT2D eigenvalue weighted by Gasteiger charge is -2.15. The maximum Gasteiger partial charge on any atom is 0.216 e. The van der Waals surface area contributed by atoms with Gasteiger partial charge in [-0.25, -0.2) is 13.6 Å². The first kappa shape index (κ1) is 8.77. The number of rotatable bonds is 1. The van der Waals surface area contributed by atoms with Gasteiger partial charge in [-0.3, -0.25) is 0 Å². The quantitative estimate of drug-likeness (QED) is 0.655. The Bertz CT molecular complexity index is 369. The van der Waals surface area contributed by atoms with Gasteiger partial charge in [-0.1, -0.05) is 12.2 Å². The van der Waals surface area contributed by atoms with E-state index >= 15 is 0 Å². The molecular formula is C8H11NO3S. The van der Waals surface area contributed by atoms with Crippen LogP contribution in [0.5, 0.6) is 0 Å². The first-order chi connectivity index (χ1) is 6.09. The molecule has 0 aromatic carbocycles. The SMILES string of the molecule is NS(=O)(=O)C1COC2=CC=CCC21. The van der Waals surface area contributed by atoms with Crippen molar-refractivity contribution in [3.8, 4) is 0 Å². The molecule has 1 aliphatic carbocycles. The van der Waals surface area contributed by atoms with E-state index in [1.807, 2.05) is 12.2 Å². The van der Waals surface area contributed by atoms with Gasteiger partial charge >= 0.3 is 0 Å². The molecular weight excluding hydrogens is 190 g/mol. The largest absolute Gasteiger partial charge is 0.496 e. The summed E-state index contributed by atoms with van der Waals surface area (Å²) in [4.78, 5) is 0. The van der Waals surface area contributed by atoms with Crippen LogP contribution >= 0.6 is 0 Å². The molecule has 1 heterocycles. The van der Waals surface area contributed by atoms with Crippen LogP contribution in [0.15, 0.2) is 24.0 Å². The molecule has 0 aromatic heterocycles. The third kappa shape index (κ3) is 1.49. The van der Waals surface area contributed by atoms with Crippen LogP contribution < -0.4 is 5.14 Å². The minimum atomic E-state index is -3.47. The highest BCUT2D eigenvalue weighted by molar-refractivity contribution is 7.89. The van der Waals surface area contributed by atoms with Crippen LogP contribution in [-0.4, -0.2) is 20.3 Å². The Morgan fingerprint density at radius 2 is 2.31 bits per heavy atom. The average Bonchev–Trinajstić information content (AvgIpc) is 2.45. The van der Waals surface area contributed by atoms with Crippen LogP contribution in [0.2, 0.25) is 0 Å². The monoisotopic (exact) mass is 201 g/mol. The van der Waals surface area contributed by atoms with Crippen molar-refractivity contribution in [3.05, 3.63) is 24.0 Å². The molecule has 2 unspecified atom stereocenters. The summed E-state index contributed by atoms with van der Waals surface area (Å²) in [6.07, 6.45) is 6.31. The van der Waals surface area contributed by atoms with Crippen molar-refractivity contribution in [1.82, 2.24) is 0 Å². The topological polar surface area (TPSA) is 69.4 Å². The molecule has 13 heavy (non-hydrogen) atoms. The fourth-order valence-corrected chi connectivity index (χ4v) is 2.70. The van der Waals surface area contributed by atoms with Gasteiger partial charge in [-0.05, 0) is 12.5 Å². The van der Waals surface area contributed by atoms with Gasteiger partial charge in [-0.15, -0.1) is 0 Å². The summed E-state index contributed by atoms with van der Waals surface area (Å²) in [7, 11) is -3.47. The van der Waals surface area contributed by atoms with Crippen molar-refractivity contribution >= 4 is 10.0 Å². The number of fused-ring (bicyclic) bond motifs is 1. The molecule has 0 amide bonds. The maximum absolute atomic E-state index is 11.1. The normalized spacial score (nSPS) is 32.2. The van der Waals surface area contributed by atoms with Crippen molar-refractivity contribution < 1.29 is 13.2 Å². The molecule has 0 radical (unpaired) electrons. The summed E-state index contributed by atoms with van der Waals surface area (Å²) < 4.78 is 27.5. The van der Waals surface area contributed by atoms with E-state index < -0.39 is 15.3 Å². The molecule has 2 N–H and O–H groups in total. The van der Waals surface area contributed by atoms with Crippen LogP contribution in [0.4, 0.5) is 0 Å². The summed E-state index contributed by atoms with van der Waals surface area (Å²) in [6, 6.07) is 0. The highest BCUT2D eigenvalue weighted by Crippen LogP contribution is 2.33. The van der Waals surface area contributed by atoms with Gasteiger partial charge in [0.05, 0.1) is 0 Å². The highest BCUT2D eigenvalue weighted by Gasteiger charge is 2.40. The summed E-state index contributed by atoms with van der Waals surface area (Å²) in [6.45, 7) is 0.191. The number of hydrogen-bond acceptors (Lipinski definition) is 3. The molecule has 2 aliphatic rings. The number of nitrogens with two attached hydrogens (primary N) is 1. The van der Waals surface area contributed by atoms with E-state index in [2.05, 4.69) is 0 Å². The number of primary sulfonamides is 1. The standard InChI is InChI=1S/C8H11NO3S/c9-13(10,11)8-5-12-7-4-2-1-3-6(7)8/h1-2,4,6,8H,3,5H2,(H2,9,10,11). The third-order valence-corrected chi connectivity index (χ3v) is 3.75. The fraction of sp³-hybridized carbons (Fsp3) is 0.500. The molecule has 4 nitrogen and oxygen atoms in total. The lowest BCUT2D eigenvalue weighted by molar-refractivity contribution is 0.258. The molecule has 0 bridgehead atoms. The fourth-order valence-electron chi connectivity index (χ4n) is 1.74. The zero-order chi connectivity index (χ0) is 9.47. The molecule has 1 fully saturated rings. The predicted octanol–water partition coefficient (Wildman–Crippen LogP) is 0.134. The Balaban J connectivity index is 2.29. The van der Waals surface area contributed by atoms with E-state index in [9.17, 15) is 8.42 Å². The average molecular weight is 201 g/mol. The minimum absolute atomic E-state index is 0.0694. The molecule has 2 rings (SSSR count). The van der Waals surface area contributed by atoms with Crippen molar-refractivity contribution in [3.63, 3.8) is 0 Å². The summed E-state index contributed by atoms with van der Waals surface area (Å²) in [5, 5.41) is 4.52. The molecule has 0 saturated carbocycles. The van der Waals surface area contributed by atoms with Crippen molar-refractivity contribution in [1.29, 1.82) is 0 Å². The molecule has 0 aromatic rings. The summed E-state index contributed by atoms with van der Waals surface area (Å²) in [5.74, 6) is 0.682. The van der Waals surface area contributed by atoms with E-state index in [-0.39, 0.29) is 12.5 Å². The second-order valence-electron chi connectivity index (χ2n) is 3.28. The Kier molecular flexibility index (Phi) is 1.92. The third-order valence-electron chi connectivity index (χ3n) is 2.44. The molecule has 2 atom stereocenters. The maximum atomic E-state index is 11.1. The second kappa shape index (κ2) is 2.85. The van der Waals surface area contributed by atoms with Crippen LogP contribution in [0, 0.1) is 5.92 Å². The zero-order valence-electron chi connectivity index (χ0n) is 7.01. The van der Waals surface area contributed by atoms with Gasteiger partial charge in [0.2, 0.25) is 10.0 Å². The van der Waals surface area contributed by atoms with E-state index in [0.717, 1.165) is 5.76 Å². The zero-order valence-corrected chi connectivity index (χ0v) is 7.83. The van der Waals surface area contributed by atoms with Crippen LogP contribution in [0.25, 0.3) is 0 Å². The van der Waals surface area contributed by atoms with E-state index in [4.69, 9.17) is 9.88 Å². The number of sulfonamides is 1. The highest BCUT2D eigenvalue weighted by atomic mass is 32.2. The van der Waals surface area contributed by atoms with Crippen LogP contribution in [0.1, 0.15) is 6.42 Å². The molecule has 0 spiro atoms. The van der Waals surface area contributed by atoms with Gasteiger partial charge in [0, 0.05) is 5.92 Å². The number of ether oxygens (including phenoxy) is 1. The van der Waals surface area contributed by atoms with Gasteiger partial charge < -0.3 is 4.74 Å². The Morgan fingerprint density at radius 3 is 3.00 bits per heavy atom. The van der Waals surface area contributed by atoms with Crippen molar-refractivity contribution in [2.45, 2.75) is 11.7 Å². The van der Waals surface area contributed by atoms with E-state index in [1.54, 1.807) is 6.08 Å². The second-order valence-corrected chi connectivity index (χ2v) is 5.06. The first-order valence-electron chi connectivity index (χ1n) is 4.10. The van der Waals surface area contributed by atoms with Crippen LogP contribution in [0.3, 0.4) is 0 Å². The van der Waals surface area contributed by atoms with Gasteiger partial charge in [0.15, 0.2) is 0 Å². The number of hydrogen-bond donors (Lipinski definition) is 1. The summed E-state index contributed by atoms with van der Waals surface area (Å²) >= 11 is 0. The number of allylic oxidation sites excluding steroid dienone is 4. The Morgan fingerprint density at radius 1 is 1.54 bits per heavy atom. The Hall–Kier alpha value is -0.810. The smallest absolute Gasteiger partial charge is 0.216 e. The van der Waals surface area contributed by atoms with Gasteiger partial charge in [0.25, 0.3) is 0 Å². The van der Waals surface area contributed by atoms with Crippen molar-refractivity contribution in [2.24, 2.45) is 11.1 Å². The minimum Gasteiger partial charge on any atom is -0.496 e. The Labute approximate surface area is 77.1 Å². The van der Waals surface area contributed by atoms with Gasteiger partial charge in [0.1, 0.15) is 17.6 Å². The lowest BCUT2D eigenvalue weighted by Crippen LogP contribution is -2.34. The van der Waals surface area contributed by atoms with Gasteiger partial charge in [-0.2, -0.15) is 0 Å². The molecule has 5 heteroatoms. The van der Waals surface area contributed by atoms with E-state index in [0.29, 0.717) is 6.42 Å². The van der Waals surface area contributed by atoms with E-state index in [1.165, 1.54) is 0 Å². The summed E-state index contributed by atoms with van der Waals surface area (Å²) in [5.41, 5.74) is 0.